The summed E-state index contributed by atoms with van der Waals surface area (Å²) < 4.78 is 11.3. The van der Waals surface area contributed by atoms with Crippen molar-refractivity contribution in [1.29, 1.82) is 0 Å². The molecule has 1 aliphatic rings. The van der Waals surface area contributed by atoms with Crippen LogP contribution in [0.3, 0.4) is 0 Å². The first kappa shape index (κ1) is 24.7. The van der Waals surface area contributed by atoms with Crippen LogP contribution < -0.4 is 5.32 Å². The largest absolute Gasteiger partial charge is 0.431 e. The molecule has 9 nitrogen and oxygen atoms in total. The predicted molar refractivity (Wildman–Crippen MR) is 132 cm³/mol. The van der Waals surface area contributed by atoms with E-state index in [2.05, 4.69) is 27.4 Å². The van der Waals surface area contributed by atoms with Gasteiger partial charge in [0.1, 0.15) is 0 Å². The number of H-pyrrole nitrogens is 1. The fraction of sp³-hybridized carbons (Fsp3) is 0.462. The molecule has 1 fully saturated rings. The quantitative estimate of drug-likeness (QED) is 0.498. The van der Waals surface area contributed by atoms with E-state index in [4.69, 9.17) is 9.15 Å². The van der Waals surface area contributed by atoms with Crippen molar-refractivity contribution in [2.45, 2.75) is 58.1 Å². The summed E-state index contributed by atoms with van der Waals surface area (Å²) in [4.78, 5) is 31.5. The van der Waals surface area contributed by atoms with E-state index in [-0.39, 0.29) is 29.2 Å². The van der Waals surface area contributed by atoms with E-state index in [9.17, 15) is 9.59 Å². The minimum absolute atomic E-state index is 0.0948. The topological polar surface area (TPSA) is 113 Å². The maximum Gasteiger partial charge on any atom is 0.288 e. The first-order valence-corrected chi connectivity index (χ1v) is 12.1. The third-order valence-electron chi connectivity index (χ3n) is 6.87. The van der Waals surface area contributed by atoms with Crippen molar-refractivity contribution in [2.24, 2.45) is 0 Å². The van der Waals surface area contributed by atoms with Crippen molar-refractivity contribution in [1.82, 2.24) is 25.4 Å². The molecule has 0 aliphatic carbocycles. The molecule has 0 saturated carbocycles. The molecule has 1 aromatic carbocycles. The molecule has 4 rings (SSSR count). The van der Waals surface area contributed by atoms with Crippen LogP contribution >= 0.6 is 0 Å². The predicted octanol–water partition coefficient (Wildman–Crippen LogP) is 4.29. The summed E-state index contributed by atoms with van der Waals surface area (Å²) in [6.45, 7) is 7.41. The third-order valence-corrected chi connectivity index (χ3v) is 6.87. The minimum Gasteiger partial charge on any atom is -0.431 e. The Hall–Kier alpha value is -3.46. The fourth-order valence-electron chi connectivity index (χ4n) is 4.21. The lowest BCUT2D eigenvalue weighted by Gasteiger charge is -2.38. The van der Waals surface area contributed by atoms with Crippen molar-refractivity contribution >= 4 is 11.8 Å². The number of ether oxygens (including phenoxy) is 1. The maximum atomic E-state index is 13.0. The van der Waals surface area contributed by atoms with Gasteiger partial charge in [-0.15, -0.1) is 0 Å². The number of methoxy groups -OCH3 is 1. The molecule has 3 heterocycles. The number of carbonyl (C=O) groups excluding carboxylic acids is 2. The zero-order valence-electron chi connectivity index (χ0n) is 20.8. The molecule has 1 saturated heterocycles. The van der Waals surface area contributed by atoms with E-state index in [1.54, 1.807) is 13.2 Å². The highest BCUT2D eigenvalue weighted by atomic mass is 16.5. The molecule has 9 heteroatoms. The summed E-state index contributed by atoms with van der Waals surface area (Å²) in [6, 6.07) is 9.40. The van der Waals surface area contributed by atoms with Gasteiger partial charge in [0.05, 0.1) is 17.5 Å². The van der Waals surface area contributed by atoms with Crippen molar-refractivity contribution in [3.05, 3.63) is 48.0 Å². The van der Waals surface area contributed by atoms with Crippen LogP contribution in [0.15, 0.2) is 40.9 Å². The molecule has 0 radical (unpaired) electrons. The number of amides is 2. The molecular formula is C26H33N5O4. The second-order valence-electron chi connectivity index (χ2n) is 9.21. The standard InChI is InChI=1S/C26H33N5O4/c1-5-19(6-2)28-23(32)22-16-27-24(35-22)18-9-7-8-17(14-18)20-15-21(30-29-20)25(33)31-12-10-26(3,34-4)11-13-31/h7-9,14-16,19H,5-6,10-13H2,1-4H3,(H,28,32)(H,29,30). The normalized spacial score (nSPS) is 15.4. The van der Waals surface area contributed by atoms with Crippen molar-refractivity contribution in [3.8, 4) is 22.7 Å². The molecule has 2 N–H and O–H groups in total. The molecular weight excluding hydrogens is 446 g/mol. The van der Waals surface area contributed by atoms with E-state index in [1.807, 2.05) is 43.0 Å². The Balaban J connectivity index is 1.46. The highest BCUT2D eigenvalue weighted by molar-refractivity contribution is 5.93. The second-order valence-corrected chi connectivity index (χ2v) is 9.21. The number of oxazole rings is 1. The van der Waals surface area contributed by atoms with E-state index >= 15 is 0 Å². The summed E-state index contributed by atoms with van der Waals surface area (Å²) in [6.07, 6.45) is 4.74. The van der Waals surface area contributed by atoms with E-state index in [0.717, 1.165) is 36.8 Å². The van der Waals surface area contributed by atoms with E-state index < -0.39 is 0 Å². The highest BCUT2D eigenvalue weighted by Gasteiger charge is 2.32. The summed E-state index contributed by atoms with van der Waals surface area (Å²) in [5.74, 6) is 0.168. The third kappa shape index (κ3) is 5.45. The highest BCUT2D eigenvalue weighted by Crippen LogP contribution is 2.28. The number of likely N-dealkylation sites (tertiary alicyclic amines) is 1. The Kier molecular flexibility index (Phi) is 7.35. The Labute approximate surface area is 205 Å². The van der Waals surface area contributed by atoms with Gasteiger partial charge in [-0.3, -0.25) is 14.7 Å². The number of rotatable bonds is 8. The molecule has 0 unspecified atom stereocenters. The number of benzene rings is 1. The first-order valence-electron chi connectivity index (χ1n) is 12.1. The van der Waals surface area contributed by atoms with Crippen LogP contribution in [0.25, 0.3) is 22.7 Å². The molecule has 3 aromatic rings. The van der Waals surface area contributed by atoms with Gasteiger partial charge in [0, 0.05) is 37.4 Å². The lowest BCUT2D eigenvalue weighted by Crippen LogP contribution is -2.46. The molecule has 2 aromatic heterocycles. The molecule has 0 atom stereocenters. The Morgan fingerprint density at radius 1 is 1.20 bits per heavy atom. The Morgan fingerprint density at radius 3 is 2.60 bits per heavy atom. The number of hydrogen-bond acceptors (Lipinski definition) is 6. The van der Waals surface area contributed by atoms with E-state index in [1.165, 1.54) is 6.20 Å². The van der Waals surface area contributed by atoms with Gasteiger partial charge in [-0.2, -0.15) is 5.10 Å². The van der Waals surface area contributed by atoms with Gasteiger partial charge in [-0.25, -0.2) is 4.98 Å². The number of aromatic amines is 1. The Morgan fingerprint density at radius 2 is 1.91 bits per heavy atom. The van der Waals surface area contributed by atoms with Crippen LogP contribution in [-0.4, -0.2) is 63.7 Å². The average Bonchev–Trinajstić information content (AvgIpc) is 3.58. The molecule has 35 heavy (non-hydrogen) atoms. The van der Waals surface area contributed by atoms with Crippen molar-refractivity contribution in [3.63, 3.8) is 0 Å². The van der Waals surface area contributed by atoms with Gasteiger partial charge >= 0.3 is 0 Å². The summed E-state index contributed by atoms with van der Waals surface area (Å²) in [5, 5.41) is 10.2. The molecule has 186 valence electrons. The zero-order chi connectivity index (χ0) is 25.0. The molecule has 2 amide bonds. The van der Waals surface area contributed by atoms with Crippen LogP contribution in [0.5, 0.6) is 0 Å². The SMILES string of the molecule is CCC(CC)NC(=O)c1cnc(-c2cccc(-c3cc(C(=O)N4CCC(C)(OC)CC4)n[nH]3)c2)o1. The van der Waals surface area contributed by atoms with Crippen LogP contribution in [0.4, 0.5) is 0 Å². The van der Waals surface area contributed by atoms with E-state index in [0.29, 0.717) is 30.4 Å². The van der Waals surface area contributed by atoms with Gasteiger partial charge < -0.3 is 19.4 Å². The second kappa shape index (κ2) is 10.4. The average molecular weight is 480 g/mol. The van der Waals surface area contributed by atoms with Crippen molar-refractivity contribution < 1.29 is 18.7 Å². The van der Waals surface area contributed by atoms with Gasteiger partial charge in [0.2, 0.25) is 11.7 Å². The minimum atomic E-state index is -0.270. The molecule has 0 spiro atoms. The number of nitrogens with zero attached hydrogens (tertiary/aromatic N) is 3. The summed E-state index contributed by atoms with van der Waals surface area (Å²) >= 11 is 0. The lowest BCUT2D eigenvalue weighted by atomic mass is 9.93. The molecule has 0 bridgehead atoms. The first-order chi connectivity index (χ1) is 16.9. The lowest BCUT2D eigenvalue weighted by molar-refractivity contribution is -0.0380. The number of nitrogens with one attached hydrogen (secondary N) is 2. The van der Waals surface area contributed by atoms with Crippen molar-refractivity contribution in [2.75, 3.05) is 20.2 Å². The van der Waals surface area contributed by atoms with Gasteiger partial charge in [0.15, 0.2) is 5.69 Å². The van der Waals surface area contributed by atoms with Gasteiger partial charge in [-0.1, -0.05) is 26.0 Å². The number of aromatic nitrogens is 3. The van der Waals surface area contributed by atoms with Gasteiger partial charge in [-0.05, 0) is 50.8 Å². The smallest absolute Gasteiger partial charge is 0.288 e. The van der Waals surface area contributed by atoms with Gasteiger partial charge in [0.25, 0.3) is 11.8 Å². The number of piperidine rings is 1. The monoisotopic (exact) mass is 479 g/mol. The summed E-state index contributed by atoms with van der Waals surface area (Å²) in [7, 11) is 1.72. The number of hydrogen-bond donors (Lipinski definition) is 2. The van der Waals surface area contributed by atoms with Crippen LogP contribution in [0.2, 0.25) is 0 Å². The van der Waals surface area contributed by atoms with Crippen LogP contribution in [0, 0.1) is 0 Å². The summed E-state index contributed by atoms with van der Waals surface area (Å²) in [5.41, 5.74) is 2.47. The Bertz CT molecular complexity index is 1170. The maximum absolute atomic E-state index is 13.0. The zero-order valence-corrected chi connectivity index (χ0v) is 20.8. The van der Waals surface area contributed by atoms with Crippen LogP contribution in [0.1, 0.15) is 67.5 Å². The van der Waals surface area contributed by atoms with Crippen LogP contribution in [-0.2, 0) is 4.74 Å². The number of carbonyl (C=O) groups is 2. The fourth-order valence-corrected chi connectivity index (χ4v) is 4.21. The molecule has 1 aliphatic heterocycles.